The lowest BCUT2D eigenvalue weighted by molar-refractivity contribution is 0.854. The molecular formula is C12H14ClN5. The first-order chi connectivity index (χ1) is 8.69. The monoisotopic (exact) mass is 263 g/mol. The van der Waals surface area contributed by atoms with Gasteiger partial charge in [-0.25, -0.2) is 0 Å². The van der Waals surface area contributed by atoms with E-state index in [1.54, 1.807) is 7.05 Å². The fraction of sp³-hybridized carbons (Fsp3) is 0.250. The molecule has 1 heterocycles. The third-order valence-corrected chi connectivity index (χ3v) is 2.65. The molecule has 1 aromatic heterocycles. The third-order valence-electron chi connectivity index (χ3n) is 2.48. The van der Waals surface area contributed by atoms with Crippen molar-refractivity contribution in [1.82, 2.24) is 15.0 Å². The Bertz CT molecular complexity index is 517. The van der Waals surface area contributed by atoms with E-state index in [1.807, 2.05) is 37.3 Å². The van der Waals surface area contributed by atoms with Gasteiger partial charge in [-0.1, -0.05) is 30.3 Å². The van der Waals surface area contributed by atoms with Gasteiger partial charge in [0.15, 0.2) is 0 Å². The van der Waals surface area contributed by atoms with Crippen LogP contribution in [0.3, 0.4) is 0 Å². The molecule has 0 spiro atoms. The van der Waals surface area contributed by atoms with E-state index in [0.717, 1.165) is 5.56 Å². The summed E-state index contributed by atoms with van der Waals surface area (Å²) in [6, 6.07) is 10.1. The van der Waals surface area contributed by atoms with Crippen molar-refractivity contribution < 1.29 is 0 Å². The third kappa shape index (κ3) is 3.07. The van der Waals surface area contributed by atoms with Crippen molar-refractivity contribution in [3.63, 3.8) is 0 Å². The molecule has 1 aromatic carbocycles. The highest BCUT2D eigenvalue weighted by Gasteiger charge is 2.08. The highest BCUT2D eigenvalue weighted by Crippen LogP contribution is 2.17. The molecule has 0 aliphatic carbocycles. The van der Waals surface area contributed by atoms with Gasteiger partial charge in [0.1, 0.15) is 0 Å². The van der Waals surface area contributed by atoms with Crippen molar-refractivity contribution in [3.05, 3.63) is 41.2 Å². The number of hydrogen-bond donors (Lipinski definition) is 2. The molecule has 0 aliphatic rings. The molecule has 0 saturated carbocycles. The van der Waals surface area contributed by atoms with Crippen molar-refractivity contribution in [2.75, 3.05) is 17.7 Å². The molecular weight excluding hydrogens is 250 g/mol. The average Bonchev–Trinajstić information content (AvgIpc) is 2.39. The van der Waals surface area contributed by atoms with Crippen molar-refractivity contribution in [2.45, 2.75) is 13.0 Å². The Morgan fingerprint density at radius 3 is 2.39 bits per heavy atom. The first-order valence-electron chi connectivity index (χ1n) is 5.60. The lowest BCUT2D eigenvalue weighted by Gasteiger charge is -2.14. The summed E-state index contributed by atoms with van der Waals surface area (Å²) in [6.07, 6.45) is 0. The van der Waals surface area contributed by atoms with Crippen LogP contribution in [0.15, 0.2) is 30.3 Å². The van der Waals surface area contributed by atoms with Crippen molar-refractivity contribution in [2.24, 2.45) is 0 Å². The number of rotatable bonds is 4. The quantitative estimate of drug-likeness (QED) is 0.888. The van der Waals surface area contributed by atoms with Crippen molar-refractivity contribution in [3.8, 4) is 0 Å². The van der Waals surface area contributed by atoms with Gasteiger partial charge in [0.05, 0.1) is 6.04 Å². The van der Waals surface area contributed by atoms with Gasteiger partial charge in [0.2, 0.25) is 17.2 Å². The van der Waals surface area contributed by atoms with Gasteiger partial charge in [-0.05, 0) is 24.1 Å². The normalized spacial score (nSPS) is 11.9. The van der Waals surface area contributed by atoms with E-state index >= 15 is 0 Å². The second-order valence-corrected chi connectivity index (χ2v) is 4.12. The van der Waals surface area contributed by atoms with Gasteiger partial charge in [-0.3, -0.25) is 0 Å². The maximum Gasteiger partial charge on any atom is 0.229 e. The zero-order valence-electron chi connectivity index (χ0n) is 10.2. The first kappa shape index (κ1) is 12.6. The van der Waals surface area contributed by atoms with Gasteiger partial charge < -0.3 is 10.6 Å². The second-order valence-electron chi connectivity index (χ2n) is 3.78. The van der Waals surface area contributed by atoms with Crippen LogP contribution in [-0.2, 0) is 0 Å². The summed E-state index contributed by atoms with van der Waals surface area (Å²) in [5.41, 5.74) is 1.15. The molecule has 2 rings (SSSR count). The predicted octanol–water partition coefficient (Wildman–Crippen LogP) is 2.74. The van der Waals surface area contributed by atoms with E-state index < -0.39 is 0 Å². The van der Waals surface area contributed by atoms with E-state index in [2.05, 4.69) is 25.6 Å². The fourth-order valence-corrected chi connectivity index (χ4v) is 1.71. The Balaban J connectivity index is 2.16. The predicted molar refractivity (Wildman–Crippen MR) is 72.9 cm³/mol. The van der Waals surface area contributed by atoms with E-state index in [-0.39, 0.29) is 11.3 Å². The van der Waals surface area contributed by atoms with Crippen LogP contribution in [0, 0.1) is 0 Å². The second kappa shape index (κ2) is 5.64. The molecule has 2 N–H and O–H groups in total. The number of anilines is 2. The summed E-state index contributed by atoms with van der Waals surface area (Å²) in [5, 5.41) is 6.19. The highest BCUT2D eigenvalue weighted by molar-refractivity contribution is 6.28. The summed E-state index contributed by atoms with van der Waals surface area (Å²) in [6.45, 7) is 2.03. The van der Waals surface area contributed by atoms with Gasteiger partial charge in [0, 0.05) is 7.05 Å². The van der Waals surface area contributed by atoms with Crippen LogP contribution >= 0.6 is 11.6 Å². The molecule has 0 amide bonds. The van der Waals surface area contributed by atoms with Crippen LogP contribution < -0.4 is 10.6 Å². The number of aromatic nitrogens is 3. The Hall–Kier alpha value is -1.88. The topological polar surface area (TPSA) is 62.7 Å². The number of nitrogens with one attached hydrogen (secondary N) is 2. The smallest absolute Gasteiger partial charge is 0.229 e. The summed E-state index contributed by atoms with van der Waals surface area (Å²) in [4.78, 5) is 12.2. The van der Waals surface area contributed by atoms with Gasteiger partial charge >= 0.3 is 0 Å². The summed E-state index contributed by atoms with van der Waals surface area (Å²) in [5.74, 6) is 0.897. The minimum absolute atomic E-state index is 0.0920. The molecule has 0 aliphatic heterocycles. The minimum atomic E-state index is 0.0920. The van der Waals surface area contributed by atoms with E-state index in [4.69, 9.17) is 11.6 Å². The minimum Gasteiger partial charge on any atom is -0.357 e. The molecule has 0 bridgehead atoms. The van der Waals surface area contributed by atoms with Crippen LogP contribution in [0.25, 0.3) is 0 Å². The average molecular weight is 264 g/mol. The maximum absolute atomic E-state index is 5.82. The van der Waals surface area contributed by atoms with Crippen LogP contribution in [0.2, 0.25) is 5.28 Å². The number of hydrogen-bond acceptors (Lipinski definition) is 5. The molecule has 1 atom stereocenters. The van der Waals surface area contributed by atoms with E-state index in [9.17, 15) is 0 Å². The lowest BCUT2D eigenvalue weighted by atomic mass is 10.1. The Morgan fingerprint density at radius 2 is 1.72 bits per heavy atom. The number of benzene rings is 1. The Morgan fingerprint density at radius 1 is 1.06 bits per heavy atom. The molecule has 6 heteroatoms. The molecule has 0 saturated heterocycles. The molecule has 0 fully saturated rings. The van der Waals surface area contributed by atoms with Crippen molar-refractivity contribution in [1.29, 1.82) is 0 Å². The molecule has 0 unspecified atom stereocenters. The largest absolute Gasteiger partial charge is 0.357 e. The maximum atomic E-state index is 5.82. The van der Waals surface area contributed by atoms with Crippen molar-refractivity contribution >= 4 is 23.5 Å². The summed E-state index contributed by atoms with van der Waals surface area (Å²) >= 11 is 5.82. The standard InChI is InChI=1S/C12H14ClN5/c1-8(9-6-4-3-5-7-9)15-12-17-10(13)16-11(14-2)18-12/h3-8H,1-2H3,(H2,14,15,16,17,18)/t8-/m0/s1. The molecule has 0 radical (unpaired) electrons. The first-order valence-corrected chi connectivity index (χ1v) is 5.97. The van der Waals surface area contributed by atoms with Gasteiger partial charge in [-0.15, -0.1) is 0 Å². The Labute approximate surface area is 111 Å². The number of nitrogens with zero attached hydrogens (tertiary/aromatic N) is 3. The zero-order valence-corrected chi connectivity index (χ0v) is 10.9. The van der Waals surface area contributed by atoms with E-state index in [0.29, 0.717) is 11.9 Å². The van der Waals surface area contributed by atoms with Gasteiger partial charge in [0.25, 0.3) is 0 Å². The molecule has 2 aromatic rings. The molecule has 18 heavy (non-hydrogen) atoms. The zero-order chi connectivity index (χ0) is 13.0. The van der Waals surface area contributed by atoms with Gasteiger partial charge in [-0.2, -0.15) is 15.0 Å². The summed E-state index contributed by atoms with van der Waals surface area (Å²) in [7, 11) is 1.73. The lowest BCUT2D eigenvalue weighted by Crippen LogP contribution is -2.11. The molecule has 94 valence electrons. The Kier molecular flexibility index (Phi) is 3.94. The summed E-state index contributed by atoms with van der Waals surface area (Å²) < 4.78 is 0. The fourth-order valence-electron chi connectivity index (χ4n) is 1.55. The van der Waals surface area contributed by atoms with Crippen LogP contribution in [0.5, 0.6) is 0 Å². The SMILES string of the molecule is CNc1nc(Cl)nc(N[C@@H](C)c2ccccc2)n1. The highest BCUT2D eigenvalue weighted by atomic mass is 35.5. The molecule has 5 nitrogen and oxygen atoms in total. The van der Waals surface area contributed by atoms with Crippen LogP contribution in [-0.4, -0.2) is 22.0 Å². The van der Waals surface area contributed by atoms with E-state index in [1.165, 1.54) is 0 Å². The number of halogens is 1. The van der Waals surface area contributed by atoms with Crippen LogP contribution in [0.4, 0.5) is 11.9 Å². The van der Waals surface area contributed by atoms with Crippen LogP contribution in [0.1, 0.15) is 18.5 Å².